The van der Waals surface area contributed by atoms with Gasteiger partial charge in [-0.15, -0.1) is 0 Å². The van der Waals surface area contributed by atoms with E-state index >= 15 is 0 Å². The van der Waals surface area contributed by atoms with Crippen LogP contribution >= 0.6 is 0 Å². The molecule has 10 rings (SSSR count). The molecule has 0 radical (unpaired) electrons. The second kappa shape index (κ2) is 17.8. The first-order valence-electron chi connectivity index (χ1n) is 22.3. The normalized spacial score (nSPS) is 24.5. The highest BCUT2D eigenvalue weighted by molar-refractivity contribution is 5.95. The zero-order valence-electron chi connectivity index (χ0n) is 36.2. The lowest BCUT2D eigenvalue weighted by Gasteiger charge is -2.47. The molecule has 6 atom stereocenters. The van der Waals surface area contributed by atoms with Gasteiger partial charge < -0.3 is 50.5 Å². The zero-order chi connectivity index (χ0) is 45.7. The minimum atomic E-state index is -4.69. The number of fused-ring (bicyclic) bond motifs is 2. The summed E-state index contributed by atoms with van der Waals surface area (Å²) in [4.78, 5) is 37.0. The third-order valence-electron chi connectivity index (χ3n) is 13.0. The molecule has 0 spiro atoms. The topological polar surface area (TPSA) is 182 Å². The van der Waals surface area contributed by atoms with E-state index in [1.54, 1.807) is 24.3 Å². The molecular formula is C44H50F6N14O2. The monoisotopic (exact) mass is 920 g/mol. The van der Waals surface area contributed by atoms with Gasteiger partial charge in [-0.2, -0.15) is 26.3 Å². The summed E-state index contributed by atoms with van der Waals surface area (Å²) in [7, 11) is 0. The van der Waals surface area contributed by atoms with Crippen LogP contribution in [0.25, 0.3) is 44.6 Å². The molecule has 4 aliphatic rings. The Hall–Kier alpha value is -5.84. The van der Waals surface area contributed by atoms with Crippen LogP contribution < -0.4 is 31.1 Å². The third kappa shape index (κ3) is 8.77. The van der Waals surface area contributed by atoms with Crippen LogP contribution in [0.4, 0.5) is 49.9 Å². The average Bonchev–Trinajstić information content (AvgIpc) is 3.93. The summed E-state index contributed by atoms with van der Waals surface area (Å²) >= 11 is 0. The number of rotatable bonds is 9. The van der Waals surface area contributed by atoms with E-state index in [-0.39, 0.29) is 58.6 Å². The van der Waals surface area contributed by atoms with Crippen LogP contribution in [-0.4, -0.2) is 129 Å². The molecule has 6 N–H and O–H groups in total. The highest BCUT2D eigenvalue weighted by atomic mass is 19.4. The molecule has 0 bridgehead atoms. The van der Waals surface area contributed by atoms with E-state index in [0.717, 1.165) is 51.2 Å². The standard InChI is InChI=1S/C44H50F6N14O2/c1-23-22-66-33(21-64(23)35-10-8-28-30(18-54-40(28)60-35)37-32(44(48,49)50)20-56-42(62-37)58-26-6-4-12-52-16-26)38-24(2)63(13-14-65-38)34-9-7-27-29(17-53-39(27)59-34)36-31(43(45,46)47)19-55-41(61-36)57-25-5-3-11-51-15-25/h7-10,17-20,23-26,33,38,51-52H,3-6,11-16,21-22H2,1-2H3,(H,53,59)(H,54,60)(H,55,57,61)(H,56,58,62)/t23-,24+,25+,26+,33?,38?/m1/s1. The van der Waals surface area contributed by atoms with E-state index in [1.807, 2.05) is 13.8 Å². The van der Waals surface area contributed by atoms with Gasteiger partial charge in [0.1, 0.15) is 46.3 Å². The molecule has 0 saturated carbocycles. The predicted molar refractivity (Wildman–Crippen MR) is 236 cm³/mol. The minimum Gasteiger partial charge on any atom is -0.371 e. The summed E-state index contributed by atoms with van der Waals surface area (Å²) in [6.07, 6.45) is -1.94. The first-order chi connectivity index (χ1) is 31.8. The number of anilines is 4. The van der Waals surface area contributed by atoms with Gasteiger partial charge >= 0.3 is 12.4 Å². The number of hydrogen-bond donors (Lipinski definition) is 6. The molecule has 6 aromatic heterocycles. The second-order valence-corrected chi connectivity index (χ2v) is 17.5. The number of nitrogens with zero attached hydrogens (tertiary/aromatic N) is 8. The van der Waals surface area contributed by atoms with Gasteiger partial charge in [-0.05, 0) is 76.9 Å². The smallest absolute Gasteiger partial charge is 0.371 e. The number of pyridine rings is 2. The van der Waals surface area contributed by atoms with Crippen molar-refractivity contribution in [1.29, 1.82) is 0 Å². The van der Waals surface area contributed by atoms with Gasteiger partial charge in [-0.25, -0.2) is 29.9 Å². The molecule has 22 heteroatoms. The van der Waals surface area contributed by atoms with E-state index in [2.05, 4.69) is 61.0 Å². The molecule has 4 saturated heterocycles. The fourth-order valence-corrected chi connectivity index (χ4v) is 9.59. The van der Waals surface area contributed by atoms with Crippen molar-refractivity contribution in [1.82, 2.24) is 50.5 Å². The number of halogens is 6. The number of H-pyrrole nitrogens is 2. The maximum atomic E-state index is 14.3. The van der Waals surface area contributed by atoms with Gasteiger partial charge in [0.2, 0.25) is 11.9 Å². The first kappa shape index (κ1) is 44.0. The summed E-state index contributed by atoms with van der Waals surface area (Å²) in [5.41, 5.74) is -1.02. The number of ether oxygens (including phenoxy) is 2. The molecule has 0 aliphatic carbocycles. The summed E-state index contributed by atoms with van der Waals surface area (Å²) in [6.45, 7) is 8.79. The lowest BCUT2D eigenvalue weighted by atomic mass is 10.0. The largest absolute Gasteiger partial charge is 0.419 e. The van der Waals surface area contributed by atoms with Gasteiger partial charge in [0.05, 0.1) is 36.7 Å². The van der Waals surface area contributed by atoms with Crippen LogP contribution in [0.3, 0.4) is 0 Å². The molecule has 0 amide bonds. The Morgan fingerprint density at radius 3 is 1.71 bits per heavy atom. The number of nitrogens with one attached hydrogen (secondary N) is 6. The van der Waals surface area contributed by atoms with Crippen LogP contribution in [0.15, 0.2) is 49.1 Å². The van der Waals surface area contributed by atoms with E-state index in [0.29, 0.717) is 73.1 Å². The SMILES string of the molecule is C[C@@H]1COC(C2OCCN(c3ccc4c(-c5nc(N[C@H]6CCCNC6)ncc5C(F)(F)F)c[nH]c4n3)[C@H]2C)CN1c1ccc2c(-c3nc(N[C@H]4CCCNC4)ncc3C(F)(F)F)c[nH]c2n1. The Labute approximate surface area is 375 Å². The number of morpholine rings is 2. The minimum absolute atomic E-state index is 0.00175. The Morgan fingerprint density at radius 1 is 0.682 bits per heavy atom. The number of piperidine rings is 2. The summed E-state index contributed by atoms with van der Waals surface area (Å²) in [5.74, 6) is 1.48. The van der Waals surface area contributed by atoms with Crippen LogP contribution in [0.2, 0.25) is 0 Å². The van der Waals surface area contributed by atoms with Crippen LogP contribution in [0.1, 0.15) is 50.7 Å². The van der Waals surface area contributed by atoms with Gasteiger partial charge in [0.25, 0.3) is 0 Å². The Morgan fingerprint density at radius 2 is 1.21 bits per heavy atom. The van der Waals surface area contributed by atoms with E-state index in [1.165, 1.54) is 12.4 Å². The average molecular weight is 921 g/mol. The van der Waals surface area contributed by atoms with Gasteiger partial charge in [-0.1, -0.05) is 0 Å². The lowest BCUT2D eigenvalue weighted by molar-refractivity contribution is -0.138. The van der Waals surface area contributed by atoms with Crippen LogP contribution in [0, 0.1) is 0 Å². The van der Waals surface area contributed by atoms with Crippen molar-refractivity contribution in [3.63, 3.8) is 0 Å². The van der Waals surface area contributed by atoms with Crippen molar-refractivity contribution in [3.05, 3.63) is 60.2 Å². The Balaban J connectivity index is 0.871. The molecule has 2 unspecified atom stereocenters. The highest BCUT2D eigenvalue weighted by Gasteiger charge is 2.42. The number of alkyl halides is 6. The second-order valence-electron chi connectivity index (χ2n) is 17.5. The zero-order valence-corrected chi connectivity index (χ0v) is 36.2. The first-order valence-corrected chi connectivity index (χ1v) is 22.3. The Bertz CT molecular complexity index is 2680. The van der Waals surface area contributed by atoms with Crippen molar-refractivity contribution in [2.75, 3.05) is 72.9 Å². The van der Waals surface area contributed by atoms with Crippen molar-refractivity contribution < 1.29 is 35.8 Å². The molecule has 10 heterocycles. The molecular weight excluding hydrogens is 871 g/mol. The molecule has 0 aromatic carbocycles. The van der Waals surface area contributed by atoms with Crippen LogP contribution in [-0.2, 0) is 21.8 Å². The summed E-state index contributed by atoms with van der Waals surface area (Å²) in [5, 5.41) is 13.9. The maximum absolute atomic E-state index is 14.3. The van der Waals surface area contributed by atoms with E-state index in [4.69, 9.17) is 19.4 Å². The van der Waals surface area contributed by atoms with Gasteiger partial charge in [-0.3, -0.25) is 0 Å². The van der Waals surface area contributed by atoms with Crippen LogP contribution in [0.5, 0.6) is 0 Å². The summed E-state index contributed by atoms with van der Waals surface area (Å²) < 4.78 is 98.8. The van der Waals surface area contributed by atoms with Gasteiger partial charge in [0.15, 0.2) is 0 Å². The molecule has 350 valence electrons. The van der Waals surface area contributed by atoms with Crippen molar-refractivity contribution in [2.45, 2.75) is 88.3 Å². The predicted octanol–water partition coefficient (Wildman–Crippen LogP) is 6.61. The quantitative estimate of drug-likeness (QED) is 0.0853. The fraction of sp³-hybridized carbons (Fsp3) is 0.500. The number of aromatic nitrogens is 8. The Kier molecular flexibility index (Phi) is 11.8. The number of aromatic amines is 2. The fourth-order valence-electron chi connectivity index (χ4n) is 9.59. The number of hydrogen-bond acceptors (Lipinski definition) is 14. The van der Waals surface area contributed by atoms with E-state index in [9.17, 15) is 26.3 Å². The van der Waals surface area contributed by atoms with Crippen molar-refractivity contribution in [2.24, 2.45) is 0 Å². The van der Waals surface area contributed by atoms with Gasteiger partial charge in [0, 0.05) is 84.9 Å². The molecule has 6 aromatic rings. The van der Waals surface area contributed by atoms with Crippen molar-refractivity contribution >= 4 is 45.6 Å². The molecule has 4 aliphatic heterocycles. The molecule has 4 fully saturated rings. The van der Waals surface area contributed by atoms with E-state index < -0.39 is 35.7 Å². The third-order valence-corrected chi connectivity index (χ3v) is 13.0. The summed E-state index contributed by atoms with van der Waals surface area (Å²) in [6, 6.07) is 6.79. The lowest BCUT2D eigenvalue weighted by Crippen LogP contribution is -2.61. The van der Waals surface area contributed by atoms with Crippen molar-refractivity contribution in [3.8, 4) is 22.5 Å². The highest BCUT2D eigenvalue weighted by Crippen LogP contribution is 2.41. The molecule has 16 nitrogen and oxygen atoms in total. The maximum Gasteiger partial charge on any atom is 0.419 e. The molecule has 66 heavy (non-hydrogen) atoms.